The number of hydrogen-bond donors (Lipinski definition) is 0. The molecular formula is C20H25FN2O3S. The summed E-state index contributed by atoms with van der Waals surface area (Å²) in [6.07, 6.45) is 0. The van der Waals surface area contributed by atoms with Gasteiger partial charge in [-0.15, -0.1) is 0 Å². The number of amides is 1. The van der Waals surface area contributed by atoms with Crippen molar-refractivity contribution in [3.05, 3.63) is 65.0 Å². The number of halogens is 1. The van der Waals surface area contributed by atoms with Crippen LogP contribution in [0.2, 0.25) is 0 Å². The minimum absolute atomic E-state index is 0.146. The molecule has 0 radical (unpaired) electrons. The van der Waals surface area contributed by atoms with Gasteiger partial charge in [-0.1, -0.05) is 32.0 Å². The zero-order valence-corrected chi connectivity index (χ0v) is 16.9. The zero-order valence-electron chi connectivity index (χ0n) is 16.1. The zero-order chi connectivity index (χ0) is 20.2. The second-order valence-corrected chi connectivity index (χ2v) is 8.26. The molecule has 0 aliphatic heterocycles. The Labute approximate surface area is 160 Å². The Kier molecular flexibility index (Phi) is 6.73. The maximum Gasteiger partial charge on any atom is 0.253 e. The lowest BCUT2D eigenvalue weighted by atomic mass is 10.1. The van der Waals surface area contributed by atoms with Gasteiger partial charge in [-0.05, 0) is 42.3 Å². The first-order chi connectivity index (χ1) is 12.7. The molecule has 0 saturated carbocycles. The van der Waals surface area contributed by atoms with E-state index >= 15 is 0 Å². The second kappa shape index (κ2) is 8.63. The van der Waals surface area contributed by atoms with Gasteiger partial charge in [-0.2, -0.15) is 4.31 Å². The van der Waals surface area contributed by atoms with Gasteiger partial charge in [0.2, 0.25) is 10.0 Å². The van der Waals surface area contributed by atoms with Gasteiger partial charge >= 0.3 is 0 Å². The number of sulfonamides is 1. The van der Waals surface area contributed by atoms with Crippen LogP contribution >= 0.6 is 0 Å². The molecule has 0 N–H and O–H groups in total. The molecule has 0 atom stereocenters. The standard InChI is InChI=1S/C20H25FN2O3S/c1-5-23(6-2)27(25,26)19-13-17(10-7-15(19)3)20(24)22(4)14-16-8-11-18(21)12-9-16/h7-13H,5-6,14H2,1-4H3. The second-order valence-electron chi connectivity index (χ2n) is 6.36. The maximum atomic E-state index is 13.0. The molecule has 5 nitrogen and oxygen atoms in total. The van der Waals surface area contributed by atoms with Crippen molar-refractivity contribution in [1.29, 1.82) is 0 Å². The van der Waals surface area contributed by atoms with Crippen LogP contribution in [-0.2, 0) is 16.6 Å². The van der Waals surface area contributed by atoms with Gasteiger partial charge in [-0.3, -0.25) is 4.79 Å². The average Bonchev–Trinajstić information content (AvgIpc) is 2.64. The van der Waals surface area contributed by atoms with Gasteiger partial charge in [-0.25, -0.2) is 12.8 Å². The summed E-state index contributed by atoms with van der Waals surface area (Å²) >= 11 is 0. The van der Waals surface area contributed by atoms with E-state index in [0.29, 0.717) is 30.8 Å². The van der Waals surface area contributed by atoms with Crippen LogP contribution in [0.15, 0.2) is 47.4 Å². The van der Waals surface area contributed by atoms with Crippen LogP contribution in [0.5, 0.6) is 0 Å². The summed E-state index contributed by atoms with van der Waals surface area (Å²) in [5.41, 5.74) is 1.69. The Morgan fingerprint density at radius 2 is 1.63 bits per heavy atom. The summed E-state index contributed by atoms with van der Waals surface area (Å²) in [6, 6.07) is 10.6. The van der Waals surface area contributed by atoms with Crippen LogP contribution < -0.4 is 0 Å². The highest BCUT2D eigenvalue weighted by Gasteiger charge is 2.25. The van der Waals surface area contributed by atoms with Crippen molar-refractivity contribution in [2.75, 3.05) is 20.1 Å². The van der Waals surface area contributed by atoms with Crippen molar-refractivity contribution in [3.63, 3.8) is 0 Å². The largest absolute Gasteiger partial charge is 0.337 e. The minimum atomic E-state index is -3.66. The van der Waals surface area contributed by atoms with Crippen LogP contribution in [0.4, 0.5) is 4.39 Å². The Morgan fingerprint density at radius 3 is 2.19 bits per heavy atom. The van der Waals surface area contributed by atoms with Crippen LogP contribution in [0.3, 0.4) is 0 Å². The summed E-state index contributed by atoms with van der Waals surface area (Å²) in [4.78, 5) is 14.4. The van der Waals surface area contributed by atoms with E-state index in [0.717, 1.165) is 5.56 Å². The van der Waals surface area contributed by atoms with Crippen molar-refractivity contribution in [2.45, 2.75) is 32.2 Å². The molecule has 0 fully saturated rings. The van der Waals surface area contributed by atoms with E-state index in [2.05, 4.69) is 0 Å². The molecule has 0 heterocycles. The smallest absolute Gasteiger partial charge is 0.253 e. The van der Waals surface area contributed by atoms with E-state index in [-0.39, 0.29) is 16.6 Å². The van der Waals surface area contributed by atoms with Crippen LogP contribution in [0.25, 0.3) is 0 Å². The van der Waals surface area contributed by atoms with E-state index in [9.17, 15) is 17.6 Å². The van der Waals surface area contributed by atoms with Crippen LogP contribution in [0.1, 0.15) is 35.3 Å². The number of carbonyl (C=O) groups is 1. The minimum Gasteiger partial charge on any atom is -0.337 e. The highest BCUT2D eigenvalue weighted by Crippen LogP contribution is 2.22. The third kappa shape index (κ3) is 4.73. The molecule has 0 saturated heterocycles. The number of aryl methyl sites for hydroxylation is 1. The quantitative estimate of drug-likeness (QED) is 0.725. The van der Waals surface area contributed by atoms with E-state index < -0.39 is 10.0 Å². The Balaban J connectivity index is 2.30. The number of carbonyl (C=O) groups excluding carboxylic acids is 1. The molecule has 7 heteroatoms. The lowest BCUT2D eigenvalue weighted by molar-refractivity contribution is 0.0785. The van der Waals surface area contributed by atoms with Crippen molar-refractivity contribution >= 4 is 15.9 Å². The highest BCUT2D eigenvalue weighted by atomic mass is 32.2. The van der Waals surface area contributed by atoms with Crippen molar-refractivity contribution < 1.29 is 17.6 Å². The molecule has 0 aromatic heterocycles. The van der Waals surface area contributed by atoms with Gasteiger partial charge in [0.05, 0.1) is 4.90 Å². The SMILES string of the molecule is CCN(CC)S(=O)(=O)c1cc(C(=O)N(C)Cc2ccc(F)cc2)ccc1C. The fourth-order valence-electron chi connectivity index (χ4n) is 2.87. The molecule has 2 aromatic carbocycles. The molecule has 2 rings (SSSR count). The fraction of sp³-hybridized carbons (Fsp3) is 0.350. The number of hydrogen-bond acceptors (Lipinski definition) is 3. The van der Waals surface area contributed by atoms with Gasteiger partial charge in [0.25, 0.3) is 5.91 Å². The third-order valence-corrected chi connectivity index (χ3v) is 6.63. The summed E-state index contributed by atoms with van der Waals surface area (Å²) in [5, 5.41) is 0. The lowest BCUT2D eigenvalue weighted by Crippen LogP contribution is -2.31. The first-order valence-electron chi connectivity index (χ1n) is 8.81. The summed E-state index contributed by atoms with van der Waals surface area (Å²) in [7, 11) is -2.03. The summed E-state index contributed by atoms with van der Waals surface area (Å²) < 4.78 is 40.1. The normalized spacial score (nSPS) is 11.6. The molecule has 2 aromatic rings. The molecule has 0 bridgehead atoms. The average molecular weight is 392 g/mol. The van der Waals surface area contributed by atoms with Crippen molar-refractivity contribution in [1.82, 2.24) is 9.21 Å². The lowest BCUT2D eigenvalue weighted by Gasteiger charge is -2.21. The number of benzene rings is 2. The third-order valence-electron chi connectivity index (χ3n) is 4.44. The maximum absolute atomic E-state index is 13.0. The molecular weight excluding hydrogens is 367 g/mol. The predicted octanol–water partition coefficient (Wildman–Crippen LogP) is 3.44. The molecule has 1 amide bonds. The van der Waals surface area contributed by atoms with Gasteiger partial charge in [0, 0.05) is 32.2 Å². The first kappa shape index (κ1) is 21.1. The predicted molar refractivity (Wildman–Crippen MR) is 103 cm³/mol. The fourth-order valence-corrected chi connectivity index (χ4v) is 4.58. The van der Waals surface area contributed by atoms with Crippen LogP contribution in [-0.4, -0.2) is 43.7 Å². The van der Waals surface area contributed by atoms with Crippen molar-refractivity contribution in [3.8, 4) is 0 Å². The molecule has 0 unspecified atom stereocenters. The molecule has 27 heavy (non-hydrogen) atoms. The van der Waals surface area contributed by atoms with E-state index in [1.807, 2.05) is 0 Å². The number of nitrogens with zero attached hydrogens (tertiary/aromatic N) is 2. The summed E-state index contributed by atoms with van der Waals surface area (Å²) in [6.45, 7) is 6.30. The Hall–Kier alpha value is -2.25. The van der Waals surface area contributed by atoms with E-state index in [4.69, 9.17) is 0 Å². The van der Waals surface area contributed by atoms with E-state index in [1.54, 1.807) is 52.1 Å². The molecule has 146 valence electrons. The number of rotatable bonds is 7. The van der Waals surface area contributed by atoms with Gasteiger partial charge in [0.15, 0.2) is 0 Å². The van der Waals surface area contributed by atoms with Crippen LogP contribution in [0, 0.1) is 12.7 Å². The first-order valence-corrected chi connectivity index (χ1v) is 10.2. The van der Waals surface area contributed by atoms with Crippen molar-refractivity contribution in [2.24, 2.45) is 0 Å². The van der Waals surface area contributed by atoms with Gasteiger partial charge in [0.1, 0.15) is 5.82 Å². The Bertz CT molecular complexity index is 907. The highest BCUT2D eigenvalue weighted by molar-refractivity contribution is 7.89. The monoisotopic (exact) mass is 392 g/mol. The van der Waals surface area contributed by atoms with E-state index in [1.165, 1.54) is 27.4 Å². The van der Waals surface area contributed by atoms with Gasteiger partial charge < -0.3 is 4.90 Å². The molecule has 0 spiro atoms. The topological polar surface area (TPSA) is 57.7 Å². The summed E-state index contributed by atoms with van der Waals surface area (Å²) in [5.74, 6) is -0.632. The molecule has 0 aliphatic carbocycles. The molecule has 0 aliphatic rings. The Morgan fingerprint density at radius 1 is 1.04 bits per heavy atom.